The van der Waals surface area contributed by atoms with Crippen molar-refractivity contribution in [1.82, 2.24) is 9.88 Å². The monoisotopic (exact) mass is 456 g/mol. The Hall–Kier alpha value is -1.58. The van der Waals surface area contributed by atoms with Gasteiger partial charge in [-0.25, -0.2) is 4.39 Å². The smallest absolute Gasteiger partial charge is 0.254 e. The van der Waals surface area contributed by atoms with Gasteiger partial charge in [0.2, 0.25) is 0 Å². The van der Waals surface area contributed by atoms with Crippen LogP contribution in [0.2, 0.25) is 0 Å². The Labute approximate surface area is 158 Å². The second kappa shape index (κ2) is 7.76. The Morgan fingerprint density at radius 3 is 2.84 bits per heavy atom. The van der Waals surface area contributed by atoms with Crippen LogP contribution in [0, 0.1) is 9.39 Å². The van der Waals surface area contributed by atoms with Crippen LogP contribution in [0.4, 0.5) is 4.39 Å². The summed E-state index contributed by atoms with van der Waals surface area (Å²) in [6.07, 6.45) is 3.20. The molecule has 0 radical (unpaired) electrons. The zero-order chi connectivity index (χ0) is 18.0. The predicted octanol–water partition coefficient (Wildman–Crippen LogP) is 1.77. The molecule has 0 fully saturated rings. The third kappa shape index (κ3) is 3.99. The molecule has 1 aromatic heterocycles. The number of aromatic nitrogens is 1. The summed E-state index contributed by atoms with van der Waals surface area (Å²) in [6.45, 7) is 0.147. The summed E-state index contributed by atoms with van der Waals surface area (Å²) in [5, 5.41) is 18.6. The molecule has 25 heavy (non-hydrogen) atoms. The first-order valence-corrected chi connectivity index (χ1v) is 9.05. The zero-order valence-corrected chi connectivity index (χ0v) is 15.6. The van der Waals surface area contributed by atoms with Crippen molar-refractivity contribution in [2.45, 2.75) is 18.9 Å². The summed E-state index contributed by atoms with van der Waals surface area (Å²) < 4.78 is 15.0. The number of halogens is 2. The molecule has 2 aromatic rings. The van der Waals surface area contributed by atoms with Crippen molar-refractivity contribution >= 4 is 28.5 Å². The van der Waals surface area contributed by atoms with Crippen LogP contribution in [0.25, 0.3) is 0 Å². The Morgan fingerprint density at radius 1 is 1.32 bits per heavy atom. The third-order valence-electron chi connectivity index (χ3n) is 4.29. The lowest BCUT2D eigenvalue weighted by Gasteiger charge is -2.31. The fourth-order valence-corrected chi connectivity index (χ4v) is 3.48. The molecule has 1 aromatic carbocycles. The van der Waals surface area contributed by atoms with Gasteiger partial charge >= 0.3 is 0 Å². The highest BCUT2D eigenvalue weighted by molar-refractivity contribution is 14.1. The number of rotatable bonds is 5. The molecule has 1 amide bonds. The molecule has 2 N–H and O–H groups in total. The maximum absolute atomic E-state index is 14.2. The third-order valence-corrected chi connectivity index (χ3v) is 4.96. The van der Waals surface area contributed by atoms with Gasteiger partial charge in [0, 0.05) is 41.0 Å². The Balaban J connectivity index is 1.92. The number of nitrogens with zero attached hydrogens (tertiary/aromatic N) is 2. The molecule has 0 saturated heterocycles. The molecule has 3 rings (SSSR count). The van der Waals surface area contributed by atoms with Gasteiger partial charge in [0.1, 0.15) is 5.82 Å². The first-order valence-electron chi connectivity index (χ1n) is 7.97. The topological polar surface area (TPSA) is 73.7 Å². The van der Waals surface area contributed by atoms with E-state index in [4.69, 9.17) is 5.11 Å². The number of carbonyl (C=O) groups excluding carboxylic acids is 1. The van der Waals surface area contributed by atoms with E-state index in [1.54, 1.807) is 18.5 Å². The highest BCUT2D eigenvalue weighted by Gasteiger charge is 2.28. The molecule has 0 bridgehead atoms. The number of hydrogen-bond donors (Lipinski definition) is 2. The van der Waals surface area contributed by atoms with Crippen LogP contribution < -0.4 is 0 Å². The van der Waals surface area contributed by atoms with Crippen LogP contribution in [0.1, 0.15) is 27.0 Å². The van der Waals surface area contributed by atoms with Gasteiger partial charge in [-0.1, -0.05) is 6.07 Å². The number of fused-ring (bicyclic) bond motifs is 1. The van der Waals surface area contributed by atoms with E-state index in [9.17, 15) is 14.3 Å². The molecule has 0 aliphatic carbocycles. The van der Waals surface area contributed by atoms with E-state index in [1.807, 2.05) is 6.07 Å². The molecule has 1 aliphatic heterocycles. The number of pyridine rings is 1. The van der Waals surface area contributed by atoms with Crippen molar-refractivity contribution in [1.29, 1.82) is 0 Å². The second-order valence-electron chi connectivity index (χ2n) is 6.08. The van der Waals surface area contributed by atoms with E-state index in [1.165, 1.54) is 11.0 Å². The lowest BCUT2D eigenvalue weighted by Crippen LogP contribution is -2.43. The lowest BCUT2D eigenvalue weighted by atomic mass is 9.93. The van der Waals surface area contributed by atoms with Crippen LogP contribution in [0.5, 0.6) is 0 Å². The van der Waals surface area contributed by atoms with E-state index in [2.05, 4.69) is 27.6 Å². The minimum absolute atomic E-state index is 0.0778. The minimum Gasteiger partial charge on any atom is -0.394 e. The average Bonchev–Trinajstić information content (AvgIpc) is 2.59. The molecule has 7 heteroatoms. The highest BCUT2D eigenvalue weighted by Crippen LogP contribution is 2.25. The van der Waals surface area contributed by atoms with E-state index in [0.717, 1.165) is 9.13 Å². The van der Waals surface area contributed by atoms with Gasteiger partial charge in [0.25, 0.3) is 5.91 Å². The van der Waals surface area contributed by atoms with Crippen LogP contribution in [0.3, 0.4) is 0 Å². The van der Waals surface area contributed by atoms with E-state index in [0.29, 0.717) is 29.7 Å². The maximum Gasteiger partial charge on any atom is 0.254 e. The maximum atomic E-state index is 14.2. The number of aliphatic hydroxyl groups is 2. The van der Waals surface area contributed by atoms with Crippen molar-refractivity contribution in [2.75, 3.05) is 19.7 Å². The standard InChI is InChI=1S/C18H18FIN2O3/c19-16-6-14(20)2-1-11(16)5-13-8-21-7-12-3-4-22(9-15(24)10-23)18(25)17(12)13/h1-2,6-8,15,23-24H,3-5,9-10H2/t15-/m1/s1. The molecule has 5 nitrogen and oxygen atoms in total. The van der Waals surface area contributed by atoms with Gasteiger partial charge in [-0.2, -0.15) is 0 Å². The van der Waals surface area contributed by atoms with E-state index >= 15 is 0 Å². The van der Waals surface area contributed by atoms with Crippen molar-refractivity contribution in [3.63, 3.8) is 0 Å². The number of benzene rings is 1. The molecule has 1 aliphatic rings. The van der Waals surface area contributed by atoms with Crippen molar-refractivity contribution < 1.29 is 19.4 Å². The van der Waals surface area contributed by atoms with E-state index < -0.39 is 12.7 Å². The Bertz CT molecular complexity index is 800. The van der Waals surface area contributed by atoms with Crippen LogP contribution >= 0.6 is 22.6 Å². The quantitative estimate of drug-likeness (QED) is 0.673. The molecular formula is C18H18FIN2O3. The average molecular weight is 456 g/mol. The SMILES string of the molecule is O=C1c2c(cncc2Cc2ccc(I)cc2F)CCN1C[C@@H](O)CO. The molecule has 0 spiro atoms. The lowest BCUT2D eigenvalue weighted by molar-refractivity contribution is 0.0444. The first kappa shape index (κ1) is 18.2. The van der Waals surface area contributed by atoms with Gasteiger partial charge in [0.15, 0.2) is 0 Å². The van der Waals surface area contributed by atoms with Crippen LogP contribution in [0.15, 0.2) is 30.6 Å². The van der Waals surface area contributed by atoms with Gasteiger partial charge in [-0.05, 0) is 57.8 Å². The molecular weight excluding hydrogens is 438 g/mol. The summed E-state index contributed by atoms with van der Waals surface area (Å²) in [4.78, 5) is 18.5. The number of carbonyl (C=O) groups is 1. The van der Waals surface area contributed by atoms with Crippen LogP contribution in [-0.2, 0) is 12.8 Å². The molecule has 2 heterocycles. The highest BCUT2D eigenvalue weighted by atomic mass is 127. The second-order valence-corrected chi connectivity index (χ2v) is 7.33. The first-order chi connectivity index (χ1) is 12.0. The number of β-amino-alcohol motifs (C(OH)–C–C–N with tert-alkyl or cyclic N) is 1. The fraction of sp³-hybridized carbons (Fsp3) is 0.333. The summed E-state index contributed by atoms with van der Waals surface area (Å²) in [5.41, 5.74) is 2.55. The van der Waals surface area contributed by atoms with Gasteiger partial charge in [-0.15, -0.1) is 0 Å². The summed E-state index contributed by atoms with van der Waals surface area (Å²) in [7, 11) is 0. The molecule has 1 atom stereocenters. The Kier molecular flexibility index (Phi) is 5.65. The Morgan fingerprint density at radius 2 is 2.12 bits per heavy atom. The summed E-state index contributed by atoms with van der Waals surface area (Å²) in [6, 6.07) is 5.01. The molecule has 0 saturated carbocycles. The summed E-state index contributed by atoms with van der Waals surface area (Å²) >= 11 is 2.05. The molecule has 0 unspecified atom stereocenters. The number of aliphatic hydroxyl groups excluding tert-OH is 2. The van der Waals surface area contributed by atoms with Gasteiger partial charge < -0.3 is 15.1 Å². The fourth-order valence-electron chi connectivity index (χ4n) is 3.02. The number of amides is 1. The van der Waals surface area contributed by atoms with Crippen molar-refractivity contribution in [2.24, 2.45) is 0 Å². The van der Waals surface area contributed by atoms with E-state index in [-0.39, 0.29) is 24.7 Å². The molecule has 132 valence electrons. The zero-order valence-electron chi connectivity index (χ0n) is 13.5. The van der Waals surface area contributed by atoms with Crippen molar-refractivity contribution in [3.8, 4) is 0 Å². The summed E-state index contributed by atoms with van der Waals surface area (Å²) in [5.74, 6) is -0.516. The van der Waals surface area contributed by atoms with Crippen molar-refractivity contribution in [3.05, 3.63) is 62.2 Å². The number of hydrogen-bond acceptors (Lipinski definition) is 4. The normalized spacial score (nSPS) is 15.2. The van der Waals surface area contributed by atoms with Gasteiger partial charge in [-0.3, -0.25) is 9.78 Å². The van der Waals surface area contributed by atoms with Gasteiger partial charge in [0.05, 0.1) is 12.7 Å². The minimum atomic E-state index is -0.968. The largest absolute Gasteiger partial charge is 0.394 e. The predicted molar refractivity (Wildman–Crippen MR) is 98.9 cm³/mol. The van der Waals surface area contributed by atoms with Crippen LogP contribution in [-0.4, -0.2) is 51.8 Å².